The second-order valence-corrected chi connectivity index (χ2v) is 6.77. The molecule has 0 N–H and O–H groups in total. The Bertz CT molecular complexity index is 207. The average molecular weight is 224 g/mol. The van der Waals surface area contributed by atoms with Crippen LogP contribution >= 0.6 is 0 Å². The van der Waals surface area contributed by atoms with Crippen LogP contribution in [0, 0.1) is 5.41 Å². The molecule has 1 heterocycles. The summed E-state index contributed by atoms with van der Waals surface area (Å²) in [5.74, 6) is 0. The van der Waals surface area contributed by atoms with E-state index in [1.807, 2.05) is 0 Å². The third-order valence-electron chi connectivity index (χ3n) is 3.87. The van der Waals surface area contributed by atoms with Gasteiger partial charge >= 0.3 is 0 Å². The third kappa shape index (κ3) is 4.06. The summed E-state index contributed by atoms with van der Waals surface area (Å²) in [7, 11) is 0. The second-order valence-electron chi connectivity index (χ2n) is 6.77. The second kappa shape index (κ2) is 5.05. The van der Waals surface area contributed by atoms with E-state index in [0.717, 1.165) is 6.04 Å². The molecule has 2 fully saturated rings. The Hall–Kier alpha value is -0.0800. The summed E-state index contributed by atoms with van der Waals surface area (Å²) < 4.78 is 0. The van der Waals surface area contributed by atoms with Gasteiger partial charge in [0, 0.05) is 32.2 Å². The predicted molar refractivity (Wildman–Crippen MR) is 69.7 cm³/mol. The van der Waals surface area contributed by atoms with Crippen molar-refractivity contribution in [2.45, 2.75) is 52.5 Å². The lowest BCUT2D eigenvalue weighted by Crippen LogP contribution is -2.47. The van der Waals surface area contributed by atoms with Gasteiger partial charge < -0.3 is 4.90 Å². The maximum atomic E-state index is 2.69. The smallest absolute Gasteiger partial charge is 0.0113 e. The van der Waals surface area contributed by atoms with Crippen molar-refractivity contribution in [1.82, 2.24) is 9.80 Å². The lowest BCUT2D eigenvalue weighted by Gasteiger charge is -2.35. The maximum absolute atomic E-state index is 2.69. The van der Waals surface area contributed by atoms with E-state index < -0.39 is 0 Å². The van der Waals surface area contributed by atoms with Gasteiger partial charge in [-0.15, -0.1) is 0 Å². The standard InChI is InChI=1S/C14H28N2/c1-14(2,3)7-4-8-15-9-11-16(12-10-15)13-5-6-13/h13H,4-12H2,1-3H3. The zero-order chi connectivity index (χ0) is 11.6. The average Bonchev–Trinajstić information content (AvgIpc) is 3.00. The van der Waals surface area contributed by atoms with Crippen molar-refractivity contribution in [3.63, 3.8) is 0 Å². The van der Waals surface area contributed by atoms with Gasteiger partial charge in [-0.2, -0.15) is 0 Å². The normalized spacial score (nSPS) is 24.9. The Morgan fingerprint density at radius 1 is 1.00 bits per heavy atom. The summed E-state index contributed by atoms with van der Waals surface area (Å²) in [6, 6.07) is 0.969. The minimum atomic E-state index is 0.510. The highest BCUT2D eigenvalue weighted by Crippen LogP contribution is 2.27. The van der Waals surface area contributed by atoms with Gasteiger partial charge in [0.15, 0.2) is 0 Å². The highest BCUT2D eigenvalue weighted by molar-refractivity contribution is 4.87. The van der Waals surface area contributed by atoms with E-state index >= 15 is 0 Å². The number of nitrogens with zero attached hydrogens (tertiary/aromatic N) is 2. The predicted octanol–water partition coefficient (Wildman–Crippen LogP) is 2.59. The molecule has 1 saturated carbocycles. The molecule has 0 aromatic heterocycles. The van der Waals surface area contributed by atoms with Crippen LogP contribution in [0.3, 0.4) is 0 Å². The number of piperazine rings is 1. The van der Waals surface area contributed by atoms with Crippen molar-refractivity contribution in [1.29, 1.82) is 0 Å². The van der Waals surface area contributed by atoms with Crippen LogP contribution in [-0.2, 0) is 0 Å². The number of rotatable bonds is 4. The first-order valence-electron chi connectivity index (χ1n) is 7.01. The van der Waals surface area contributed by atoms with Gasteiger partial charge in [-0.3, -0.25) is 4.90 Å². The topological polar surface area (TPSA) is 6.48 Å². The Morgan fingerprint density at radius 3 is 2.12 bits per heavy atom. The lowest BCUT2D eigenvalue weighted by atomic mass is 9.90. The van der Waals surface area contributed by atoms with Crippen LogP contribution in [0.4, 0.5) is 0 Å². The van der Waals surface area contributed by atoms with Crippen LogP contribution in [0.15, 0.2) is 0 Å². The first kappa shape index (κ1) is 12.4. The molecule has 0 bridgehead atoms. The van der Waals surface area contributed by atoms with E-state index in [1.54, 1.807) is 0 Å². The molecule has 1 saturated heterocycles. The monoisotopic (exact) mass is 224 g/mol. The molecule has 2 nitrogen and oxygen atoms in total. The molecule has 2 rings (SSSR count). The first-order chi connectivity index (χ1) is 7.54. The van der Waals surface area contributed by atoms with Crippen LogP contribution in [0.25, 0.3) is 0 Å². The Kier molecular flexibility index (Phi) is 3.91. The zero-order valence-corrected chi connectivity index (χ0v) is 11.3. The number of hydrogen-bond donors (Lipinski definition) is 0. The Morgan fingerprint density at radius 2 is 1.62 bits per heavy atom. The van der Waals surface area contributed by atoms with Crippen molar-refractivity contribution in [3.8, 4) is 0 Å². The number of hydrogen-bond acceptors (Lipinski definition) is 2. The van der Waals surface area contributed by atoms with E-state index in [4.69, 9.17) is 0 Å². The largest absolute Gasteiger partial charge is 0.301 e. The molecule has 2 heteroatoms. The Labute approximate surface area is 101 Å². The highest BCUT2D eigenvalue weighted by atomic mass is 15.3. The fourth-order valence-corrected chi connectivity index (χ4v) is 2.62. The van der Waals surface area contributed by atoms with Crippen LogP contribution in [0.1, 0.15) is 46.5 Å². The van der Waals surface area contributed by atoms with E-state index in [-0.39, 0.29) is 0 Å². The molecular formula is C14H28N2. The van der Waals surface area contributed by atoms with Crippen LogP contribution in [0.2, 0.25) is 0 Å². The van der Waals surface area contributed by atoms with Crippen molar-refractivity contribution in [2.24, 2.45) is 5.41 Å². The van der Waals surface area contributed by atoms with Gasteiger partial charge in [0.2, 0.25) is 0 Å². The summed E-state index contributed by atoms with van der Waals surface area (Å²) in [4.78, 5) is 5.35. The van der Waals surface area contributed by atoms with Gasteiger partial charge in [0.05, 0.1) is 0 Å². The van der Waals surface area contributed by atoms with Crippen LogP contribution in [-0.4, -0.2) is 48.6 Å². The molecular weight excluding hydrogens is 196 g/mol. The summed E-state index contributed by atoms with van der Waals surface area (Å²) in [5, 5.41) is 0. The van der Waals surface area contributed by atoms with Crippen LogP contribution in [0.5, 0.6) is 0 Å². The molecule has 94 valence electrons. The Balaban J connectivity index is 1.58. The molecule has 0 radical (unpaired) electrons. The molecule has 0 aromatic carbocycles. The molecule has 0 unspecified atom stereocenters. The fourth-order valence-electron chi connectivity index (χ4n) is 2.62. The van der Waals surface area contributed by atoms with E-state index in [1.165, 1.54) is 58.4 Å². The molecule has 1 aliphatic heterocycles. The zero-order valence-electron chi connectivity index (χ0n) is 11.3. The molecule has 16 heavy (non-hydrogen) atoms. The molecule has 0 spiro atoms. The maximum Gasteiger partial charge on any atom is 0.0113 e. The van der Waals surface area contributed by atoms with Gasteiger partial charge in [-0.05, 0) is 37.6 Å². The molecule has 2 aliphatic rings. The third-order valence-corrected chi connectivity index (χ3v) is 3.87. The van der Waals surface area contributed by atoms with Crippen molar-refractivity contribution in [2.75, 3.05) is 32.7 Å². The molecule has 0 aromatic rings. The molecule has 0 atom stereocenters. The molecule has 0 amide bonds. The summed E-state index contributed by atoms with van der Waals surface area (Å²) in [6.07, 6.45) is 5.65. The summed E-state index contributed by atoms with van der Waals surface area (Å²) in [6.45, 7) is 13.6. The van der Waals surface area contributed by atoms with Gasteiger partial charge in [-0.25, -0.2) is 0 Å². The lowest BCUT2D eigenvalue weighted by molar-refractivity contribution is 0.122. The van der Waals surface area contributed by atoms with Gasteiger partial charge in [-0.1, -0.05) is 20.8 Å². The summed E-state index contributed by atoms with van der Waals surface area (Å²) >= 11 is 0. The van der Waals surface area contributed by atoms with Crippen molar-refractivity contribution >= 4 is 0 Å². The minimum Gasteiger partial charge on any atom is -0.301 e. The first-order valence-corrected chi connectivity index (χ1v) is 7.01. The minimum absolute atomic E-state index is 0.510. The van der Waals surface area contributed by atoms with Gasteiger partial charge in [0.25, 0.3) is 0 Å². The van der Waals surface area contributed by atoms with E-state index in [9.17, 15) is 0 Å². The molecule has 1 aliphatic carbocycles. The van der Waals surface area contributed by atoms with Crippen LogP contribution < -0.4 is 0 Å². The van der Waals surface area contributed by atoms with Crippen molar-refractivity contribution in [3.05, 3.63) is 0 Å². The SMILES string of the molecule is CC(C)(C)CCCN1CCN(C2CC2)CC1. The van der Waals surface area contributed by atoms with E-state index in [2.05, 4.69) is 30.6 Å². The fraction of sp³-hybridized carbons (Fsp3) is 1.00. The van der Waals surface area contributed by atoms with Crippen molar-refractivity contribution < 1.29 is 0 Å². The quantitative estimate of drug-likeness (QED) is 0.724. The van der Waals surface area contributed by atoms with E-state index in [0.29, 0.717) is 5.41 Å². The summed E-state index contributed by atoms with van der Waals surface area (Å²) in [5.41, 5.74) is 0.510. The van der Waals surface area contributed by atoms with Gasteiger partial charge in [0.1, 0.15) is 0 Å². The highest BCUT2D eigenvalue weighted by Gasteiger charge is 2.30.